The molecule has 0 aromatic heterocycles. The monoisotopic (exact) mass is 203 g/mol. The number of amides is 1. The minimum atomic E-state index is -1.69. The summed E-state index contributed by atoms with van der Waals surface area (Å²) in [6.07, 6.45) is 0.479. The minimum Gasteiger partial charge on any atom is -0.379 e. The standard InChI is InChI=1S/C9H18N2O3/c1-11(2,3)6-4-9(14,5-7-12)8(10)13/h7,14H,4-6H2,1-3H3,(H-,10,13)/p+1. The fraction of sp³-hybridized carbons (Fsp3) is 0.778. The van der Waals surface area contributed by atoms with E-state index in [0.29, 0.717) is 17.3 Å². The molecule has 0 radical (unpaired) electrons. The number of rotatable bonds is 6. The van der Waals surface area contributed by atoms with Crippen molar-refractivity contribution in [1.29, 1.82) is 0 Å². The molecule has 0 aliphatic carbocycles. The summed E-state index contributed by atoms with van der Waals surface area (Å²) in [6, 6.07) is 0. The molecular formula is C9H19N2O3+. The van der Waals surface area contributed by atoms with Crippen LogP contribution in [0.5, 0.6) is 0 Å². The molecule has 14 heavy (non-hydrogen) atoms. The largest absolute Gasteiger partial charge is 0.379 e. The molecule has 0 saturated heterocycles. The number of primary amides is 1. The number of quaternary nitrogens is 1. The molecule has 0 heterocycles. The van der Waals surface area contributed by atoms with Crippen LogP contribution >= 0.6 is 0 Å². The number of hydrogen-bond acceptors (Lipinski definition) is 3. The number of aldehydes is 1. The lowest BCUT2D eigenvalue weighted by Gasteiger charge is -2.29. The van der Waals surface area contributed by atoms with Gasteiger partial charge in [-0.25, -0.2) is 0 Å². The summed E-state index contributed by atoms with van der Waals surface area (Å²) in [5.74, 6) is -0.835. The van der Waals surface area contributed by atoms with E-state index in [-0.39, 0.29) is 12.8 Å². The predicted octanol–water partition coefficient (Wildman–Crippen LogP) is -1.11. The molecule has 0 saturated carbocycles. The molecule has 0 spiro atoms. The van der Waals surface area contributed by atoms with Crippen LogP contribution in [0.15, 0.2) is 0 Å². The molecule has 1 unspecified atom stereocenters. The van der Waals surface area contributed by atoms with Gasteiger partial charge in [0, 0.05) is 12.8 Å². The topological polar surface area (TPSA) is 80.4 Å². The number of hydrogen-bond donors (Lipinski definition) is 2. The van der Waals surface area contributed by atoms with Crippen LogP contribution in [0.25, 0.3) is 0 Å². The fourth-order valence-electron chi connectivity index (χ4n) is 0.984. The molecule has 0 fully saturated rings. The van der Waals surface area contributed by atoms with Gasteiger partial charge in [0.25, 0.3) is 0 Å². The third-order valence-corrected chi connectivity index (χ3v) is 2.08. The van der Waals surface area contributed by atoms with Crippen molar-refractivity contribution in [3.05, 3.63) is 0 Å². The Kier molecular flexibility index (Phi) is 4.22. The van der Waals surface area contributed by atoms with Crippen molar-refractivity contribution >= 4 is 12.2 Å². The lowest BCUT2D eigenvalue weighted by molar-refractivity contribution is -0.871. The van der Waals surface area contributed by atoms with Gasteiger partial charge in [0.2, 0.25) is 5.91 Å². The smallest absolute Gasteiger partial charge is 0.250 e. The van der Waals surface area contributed by atoms with Gasteiger partial charge in [-0.1, -0.05) is 0 Å². The Balaban J connectivity index is 4.38. The molecule has 5 nitrogen and oxygen atoms in total. The van der Waals surface area contributed by atoms with E-state index in [9.17, 15) is 14.7 Å². The first-order valence-electron chi connectivity index (χ1n) is 4.48. The van der Waals surface area contributed by atoms with Crippen molar-refractivity contribution in [3.8, 4) is 0 Å². The average Bonchev–Trinajstić information content (AvgIpc) is 2.00. The zero-order valence-electron chi connectivity index (χ0n) is 8.99. The number of carbonyl (C=O) groups is 2. The molecule has 0 bridgehead atoms. The average molecular weight is 203 g/mol. The predicted molar refractivity (Wildman–Crippen MR) is 52.3 cm³/mol. The van der Waals surface area contributed by atoms with Crippen LogP contribution in [-0.2, 0) is 9.59 Å². The molecular weight excluding hydrogens is 184 g/mol. The van der Waals surface area contributed by atoms with Gasteiger partial charge in [0.1, 0.15) is 6.29 Å². The van der Waals surface area contributed by atoms with Crippen LogP contribution in [0.4, 0.5) is 0 Å². The van der Waals surface area contributed by atoms with Crippen LogP contribution in [-0.4, -0.2) is 55.1 Å². The van der Waals surface area contributed by atoms with Crippen molar-refractivity contribution in [2.45, 2.75) is 18.4 Å². The fourth-order valence-corrected chi connectivity index (χ4v) is 0.984. The van der Waals surface area contributed by atoms with Gasteiger partial charge >= 0.3 is 0 Å². The van der Waals surface area contributed by atoms with E-state index < -0.39 is 11.5 Å². The van der Waals surface area contributed by atoms with Crippen molar-refractivity contribution in [3.63, 3.8) is 0 Å². The van der Waals surface area contributed by atoms with Crippen LogP contribution < -0.4 is 5.73 Å². The third-order valence-electron chi connectivity index (χ3n) is 2.08. The molecule has 5 heteroatoms. The molecule has 1 atom stereocenters. The Morgan fingerprint density at radius 3 is 2.29 bits per heavy atom. The SMILES string of the molecule is C[N+](C)(C)CCC(O)(CC=O)C(N)=O. The zero-order valence-corrected chi connectivity index (χ0v) is 8.99. The Labute approximate surface area is 84.1 Å². The van der Waals surface area contributed by atoms with E-state index >= 15 is 0 Å². The van der Waals surface area contributed by atoms with Crippen LogP contribution in [0.1, 0.15) is 12.8 Å². The van der Waals surface area contributed by atoms with Gasteiger partial charge in [-0.3, -0.25) is 4.79 Å². The molecule has 1 amide bonds. The van der Waals surface area contributed by atoms with E-state index in [0.717, 1.165) is 0 Å². The lowest BCUT2D eigenvalue weighted by Crippen LogP contribution is -2.48. The first kappa shape index (κ1) is 13.1. The molecule has 0 aliphatic heterocycles. The Morgan fingerprint density at radius 1 is 1.50 bits per heavy atom. The number of nitrogens with zero attached hydrogens (tertiary/aromatic N) is 1. The van der Waals surface area contributed by atoms with E-state index in [1.807, 2.05) is 21.1 Å². The maximum absolute atomic E-state index is 10.9. The van der Waals surface area contributed by atoms with E-state index in [2.05, 4.69) is 0 Å². The van der Waals surface area contributed by atoms with Gasteiger partial charge in [0.15, 0.2) is 5.60 Å². The number of carbonyl (C=O) groups excluding carboxylic acids is 2. The summed E-state index contributed by atoms with van der Waals surface area (Å²) in [5.41, 5.74) is 3.34. The highest BCUT2D eigenvalue weighted by Crippen LogP contribution is 2.15. The maximum atomic E-state index is 10.9. The molecule has 3 N–H and O–H groups in total. The second kappa shape index (κ2) is 4.52. The molecule has 0 aliphatic rings. The summed E-state index contributed by atoms with van der Waals surface area (Å²) in [4.78, 5) is 21.2. The van der Waals surface area contributed by atoms with E-state index in [4.69, 9.17) is 5.73 Å². The highest BCUT2D eigenvalue weighted by atomic mass is 16.3. The Morgan fingerprint density at radius 2 is 2.00 bits per heavy atom. The first-order chi connectivity index (χ1) is 6.21. The second-order valence-corrected chi connectivity index (χ2v) is 4.53. The van der Waals surface area contributed by atoms with Crippen LogP contribution in [0.2, 0.25) is 0 Å². The zero-order chi connectivity index (χ0) is 11.4. The van der Waals surface area contributed by atoms with Gasteiger partial charge in [-0.15, -0.1) is 0 Å². The van der Waals surface area contributed by atoms with E-state index in [1.165, 1.54) is 0 Å². The lowest BCUT2D eigenvalue weighted by atomic mass is 9.95. The minimum absolute atomic E-state index is 0.199. The quantitative estimate of drug-likeness (QED) is 0.424. The molecule has 0 aromatic carbocycles. The summed E-state index contributed by atoms with van der Waals surface area (Å²) >= 11 is 0. The molecule has 0 aromatic rings. The summed E-state index contributed by atoms with van der Waals surface area (Å²) in [6.45, 7) is 0.577. The highest BCUT2D eigenvalue weighted by molar-refractivity contribution is 5.85. The summed E-state index contributed by atoms with van der Waals surface area (Å²) in [5, 5.41) is 9.74. The van der Waals surface area contributed by atoms with Gasteiger partial charge in [-0.2, -0.15) is 0 Å². The third kappa shape index (κ3) is 4.34. The Hall–Kier alpha value is -0.940. The first-order valence-corrected chi connectivity index (χ1v) is 4.48. The van der Waals surface area contributed by atoms with Crippen LogP contribution in [0.3, 0.4) is 0 Å². The number of nitrogens with two attached hydrogens (primary N) is 1. The maximum Gasteiger partial charge on any atom is 0.250 e. The van der Waals surface area contributed by atoms with Crippen molar-refractivity contribution in [2.75, 3.05) is 27.7 Å². The number of aliphatic hydroxyl groups is 1. The molecule has 82 valence electrons. The van der Waals surface area contributed by atoms with Crippen LogP contribution in [0, 0.1) is 0 Å². The van der Waals surface area contributed by atoms with Crippen molar-refractivity contribution in [2.24, 2.45) is 5.73 Å². The molecule has 0 rings (SSSR count). The summed E-state index contributed by atoms with van der Waals surface area (Å²) in [7, 11) is 5.80. The van der Waals surface area contributed by atoms with Crippen molar-refractivity contribution < 1.29 is 19.2 Å². The Bertz CT molecular complexity index is 223. The second-order valence-electron chi connectivity index (χ2n) is 4.53. The summed E-state index contributed by atoms with van der Waals surface area (Å²) < 4.78 is 0.606. The van der Waals surface area contributed by atoms with Crippen molar-refractivity contribution in [1.82, 2.24) is 0 Å². The highest BCUT2D eigenvalue weighted by Gasteiger charge is 2.35. The van der Waals surface area contributed by atoms with Gasteiger partial charge in [0.05, 0.1) is 27.7 Å². The van der Waals surface area contributed by atoms with E-state index in [1.54, 1.807) is 0 Å². The normalized spacial score (nSPS) is 16.0. The van der Waals surface area contributed by atoms with Gasteiger partial charge < -0.3 is 20.1 Å². The van der Waals surface area contributed by atoms with Gasteiger partial charge in [-0.05, 0) is 0 Å².